The number of ether oxygens (including phenoxy) is 2. The first-order valence-corrected chi connectivity index (χ1v) is 10.2. The van der Waals surface area contributed by atoms with Gasteiger partial charge >= 0.3 is 6.03 Å². The van der Waals surface area contributed by atoms with Gasteiger partial charge in [-0.05, 0) is 48.6 Å². The molecule has 0 saturated carbocycles. The molecule has 154 valence electrons. The van der Waals surface area contributed by atoms with Crippen molar-refractivity contribution >= 4 is 17.7 Å². The Morgan fingerprint density at radius 1 is 1.03 bits per heavy atom. The number of imide groups is 1. The van der Waals surface area contributed by atoms with Crippen molar-refractivity contribution < 1.29 is 23.9 Å². The molecule has 1 unspecified atom stereocenters. The summed E-state index contributed by atoms with van der Waals surface area (Å²) < 4.78 is 11.2. The second kappa shape index (κ2) is 7.16. The van der Waals surface area contributed by atoms with Crippen molar-refractivity contribution in [2.45, 2.75) is 31.2 Å². The highest BCUT2D eigenvalue weighted by atomic mass is 16.5. The van der Waals surface area contributed by atoms with E-state index >= 15 is 0 Å². The molecule has 1 N–H and O–H groups in total. The molecular formula is C23H22N2O5. The second-order valence-corrected chi connectivity index (χ2v) is 7.87. The summed E-state index contributed by atoms with van der Waals surface area (Å²) in [5.74, 6) is 0.419. The number of rotatable bonds is 3. The number of amides is 3. The van der Waals surface area contributed by atoms with Crippen LogP contribution in [0.15, 0.2) is 42.5 Å². The van der Waals surface area contributed by atoms with Crippen molar-refractivity contribution in [1.82, 2.24) is 10.2 Å². The van der Waals surface area contributed by atoms with E-state index in [0.29, 0.717) is 36.7 Å². The number of fused-ring (bicyclic) bond motifs is 3. The third kappa shape index (κ3) is 2.93. The molecule has 7 heteroatoms. The molecule has 0 aromatic heterocycles. The highest BCUT2D eigenvalue weighted by Gasteiger charge is 2.54. The van der Waals surface area contributed by atoms with Gasteiger partial charge < -0.3 is 14.8 Å². The van der Waals surface area contributed by atoms with Crippen molar-refractivity contribution in [1.29, 1.82) is 0 Å². The standard InChI is InChI=1S/C23H22N2O5/c26-18(16-8-9-19-20(13-16)30-12-4-11-29-19)14-25-21(27)23(24-22(25)28)10-3-6-15-5-1-2-7-17(15)23/h1-2,5,7-9,13H,3-4,6,10-12,14H2,(H,24,28). The zero-order chi connectivity index (χ0) is 20.7. The molecule has 1 atom stereocenters. The van der Waals surface area contributed by atoms with E-state index in [2.05, 4.69) is 5.32 Å². The Morgan fingerprint density at radius 3 is 2.70 bits per heavy atom. The number of nitrogens with zero attached hydrogens (tertiary/aromatic N) is 1. The van der Waals surface area contributed by atoms with Gasteiger partial charge in [0.1, 0.15) is 5.54 Å². The van der Waals surface area contributed by atoms with Gasteiger partial charge in [-0.3, -0.25) is 14.5 Å². The molecule has 2 aromatic carbocycles. The maximum atomic E-state index is 13.3. The molecule has 5 rings (SSSR count). The summed E-state index contributed by atoms with van der Waals surface area (Å²) in [4.78, 5) is 40.0. The van der Waals surface area contributed by atoms with Gasteiger partial charge in [0.2, 0.25) is 0 Å². The van der Waals surface area contributed by atoms with Crippen molar-refractivity contribution in [3.8, 4) is 11.5 Å². The van der Waals surface area contributed by atoms with E-state index in [1.807, 2.05) is 24.3 Å². The number of hydrogen-bond donors (Lipinski definition) is 1. The van der Waals surface area contributed by atoms with E-state index < -0.39 is 11.6 Å². The third-order valence-electron chi connectivity index (χ3n) is 6.02. The molecule has 2 aromatic rings. The fourth-order valence-corrected chi connectivity index (χ4v) is 4.53. The van der Waals surface area contributed by atoms with Crippen molar-refractivity contribution in [2.24, 2.45) is 0 Å². The Hall–Kier alpha value is -3.35. The molecule has 1 aliphatic carbocycles. The van der Waals surface area contributed by atoms with Crippen molar-refractivity contribution in [3.05, 3.63) is 59.2 Å². The minimum atomic E-state index is -1.07. The Balaban J connectivity index is 1.40. The molecule has 3 aliphatic rings. The number of urea groups is 1. The monoisotopic (exact) mass is 406 g/mol. The van der Waals surface area contributed by atoms with Crippen LogP contribution in [0, 0.1) is 0 Å². The van der Waals surface area contributed by atoms with Gasteiger partial charge in [-0.25, -0.2) is 4.79 Å². The van der Waals surface area contributed by atoms with E-state index in [1.165, 1.54) is 0 Å². The van der Waals surface area contributed by atoms with E-state index in [1.54, 1.807) is 18.2 Å². The Kier molecular flexibility index (Phi) is 4.46. The van der Waals surface area contributed by atoms with Crippen molar-refractivity contribution in [3.63, 3.8) is 0 Å². The first-order valence-electron chi connectivity index (χ1n) is 10.2. The first kappa shape index (κ1) is 18.7. The molecule has 2 aliphatic heterocycles. The minimum Gasteiger partial charge on any atom is -0.490 e. The lowest BCUT2D eigenvalue weighted by atomic mass is 9.76. The number of hydrogen-bond acceptors (Lipinski definition) is 5. The van der Waals surface area contributed by atoms with Gasteiger partial charge in [-0.1, -0.05) is 24.3 Å². The number of ketones is 1. The number of Topliss-reactive ketones (excluding diaryl/α,β-unsaturated/α-hetero) is 1. The van der Waals surface area contributed by atoms with Gasteiger partial charge in [0.15, 0.2) is 17.3 Å². The van der Waals surface area contributed by atoms with Gasteiger partial charge in [-0.15, -0.1) is 0 Å². The summed E-state index contributed by atoms with van der Waals surface area (Å²) in [6.45, 7) is 0.764. The average molecular weight is 406 g/mol. The van der Waals surface area contributed by atoms with E-state index in [0.717, 1.165) is 35.3 Å². The van der Waals surface area contributed by atoms with E-state index in [9.17, 15) is 14.4 Å². The molecule has 7 nitrogen and oxygen atoms in total. The molecule has 2 heterocycles. The van der Waals surface area contributed by atoms with Gasteiger partial charge in [0.05, 0.1) is 19.8 Å². The van der Waals surface area contributed by atoms with Crippen LogP contribution in [0.1, 0.15) is 40.7 Å². The van der Waals surface area contributed by atoms with Crippen LogP contribution in [0.4, 0.5) is 4.79 Å². The lowest BCUT2D eigenvalue weighted by molar-refractivity contribution is -0.131. The number of benzene rings is 2. The quantitative estimate of drug-likeness (QED) is 0.626. The molecule has 1 saturated heterocycles. The predicted molar refractivity (Wildman–Crippen MR) is 108 cm³/mol. The van der Waals surface area contributed by atoms with Crippen LogP contribution < -0.4 is 14.8 Å². The van der Waals surface area contributed by atoms with Crippen LogP contribution in [-0.2, 0) is 16.8 Å². The molecule has 1 spiro atoms. The third-order valence-corrected chi connectivity index (χ3v) is 6.02. The predicted octanol–water partition coefficient (Wildman–Crippen LogP) is 2.81. The minimum absolute atomic E-state index is 0.311. The van der Waals surface area contributed by atoms with Gasteiger partial charge in [-0.2, -0.15) is 0 Å². The van der Waals surface area contributed by atoms with E-state index in [4.69, 9.17) is 9.47 Å². The lowest BCUT2D eigenvalue weighted by Crippen LogP contribution is -2.46. The molecular weight excluding hydrogens is 384 g/mol. The number of aryl methyl sites for hydroxylation is 1. The lowest BCUT2D eigenvalue weighted by Gasteiger charge is -2.33. The van der Waals surface area contributed by atoms with Crippen LogP contribution in [0.5, 0.6) is 11.5 Å². The van der Waals surface area contributed by atoms with Crippen LogP contribution in [-0.4, -0.2) is 42.4 Å². The Morgan fingerprint density at radius 2 is 1.83 bits per heavy atom. The summed E-state index contributed by atoms with van der Waals surface area (Å²) in [5, 5.41) is 2.88. The van der Waals surface area contributed by atoms with Gasteiger partial charge in [0.25, 0.3) is 5.91 Å². The maximum Gasteiger partial charge on any atom is 0.325 e. The Bertz CT molecular complexity index is 1050. The fraction of sp³-hybridized carbons (Fsp3) is 0.348. The number of carbonyl (C=O) groups is 3. The number of nitrogens with one attached hydrogen (secondary N) is 1. The average Bonchev–Trinajstić information content (AvgIpc) is 2.93. The summed E-state index contributed by atoms with van der Waals surface area (Å²) in [5.41, 5.74) is 1.20. The zero-order valence-electron chi connectivity index (χ0n) is 16.5. The van der Waals surface area contributed by atoms with E-state index in [-0.39, 0.29) is 18.2 Å². The number of carbonyl (C=O) groups excluding carboxylic acids is 3. The maximum absolute atomic E-state index is 13.3. The Labute approximate surface area is 174 Å². The van der Waals surface area contributed by atoms with Gasteiger partial charge in [0, 0.05) is 12.0 Å². The van der Waals surface area contributed by atoms with Crippen LogP contribution in [0.3, 0.4) is 0 Å². The topological polar surface area (TPSA) is 84.9 Å². The van der Waals surface area contributed by atoms with Crippen LogP contribution >= 0.6 is 0 Å². The molecule has 0 radical (unpaired) electrons. The highest BCUT2D eigenvalue weighted by Crippen LogP contribution is 2.40. The SMILES string of the molecule is O=C(CN1C(=O)NC2(CCCc3ccccc32)C1=O)c1ccc2c(c1)OCCCO2. The molecule has 3 amide bonds. The molecule has 0 bridgehead atoms. The second-order valence-electron chi connectivity index (χ2n) is 7.87. The van der Waals surface area contributed by atoms with Crippen molar-refractivity contribution in [2.75, 3.05) is 19.8 Å². The molecule has 30 heavy (non-hydrogen) atoms. The smallest absolute Gasteiger partial charge is 0.325 e. The summed E-state index contributed by atoms with van der Waals surface area (Å²) >= 11 is 0. The first-order chi connectivity index (χ1) is 14.6. The molecule has 1 fully saturated rings. The summed E-state index contributed by atoms with van der Waals surface area (Å²) in [6.07, 6.45) is 2.97. The summed E-state index contributed by atoms with van der Waals surface area (Å²) in [7, 11) is 0. The summed E-state index contributed by atoms with van der Waals surface area (Å²) in [6, 6.07) is 12.1. The highest BCUT2D eigenvalue weighted by molar-refractivity contribution is 6.11. The fourth-order valence-electron chi connectivity index (χ4n) is 4.53. The zero-order valence-corrected chi connectivity index (χ0v) is 16.5. The van der Waals surface area contributed by atoms with Crippen LogP contribution in [0.25, 0.3) is 0 Å². The van der Waals surface area contributed by atoms with Crippen LogP contribution in [0.2, 0.25) is 0 Å². The normalized spacial score (nSPS) is 22.5. The largest absolute Gasteiger partial charge is 0.490 e.